The minimum Gasteiger partial charge on any atom is -0.508 e. The molecule has 0 aromatic carbocycles. The molecule has 1 saturated heterocycles. The first kappa shape index (κ1) is 9.04. The molecule has 12 heavy (non-hydrogen) atoms. The summed E-state index contributed by atoms with van der Waals surface area (Å²) >= 11 is 5.21. The van der Waals surface area contributed by atoms with E-state index in [2.05, 4.69) is 0 Å². The highest BCUT2D eigenvalue weighted by molar-refractivity contribution is 6.31. The van der Waals surface area contributed by atoms with Crippen LogP contribution in [0.2, 0.25) is 0 Å². The van der Waals surface area contributed by atoms with Gasteiger partial charge in [0.25, 0.3) is 0 Å². The third-order valence-corrected chi connectivity index (χ3v) is 1.65. The molecule has 64 valence electrons. The van der Waals surface area contributed by atoms with E-state index in [9.17, 15) is 9.90 Å². The second kappa shape index (κ2) is 3.57. The quantitative estimate of drug-likeness (QED) is 0.230. The number of nitrogens with zero attached hydrogens (tertiary/aromatic N) is 1. The summed E-state index contributed by atoms with van der Waals surface area (Å²) in [7, 11) is 0. The number of halogens is 1. The first-order chi connectivity index (χ1) is 5.70. The molecule has 0 amide bonds. The van der Waals surface area contributed by atoms with Crippen molar-refractivity contribution in [3.8, 4) is 6.07 Å². The molecule has 4 nitrogen and oxygen atoms in total. The summed E-state index contributed by atoms with van der Waals surface area (Å²) in [5.74, 6) is -1.19. The number of hydrogen-bond acceptors (Lipinski definition) is 4. The zero-order valence-electron chi connectivity index (χ0n) is 6.08. The number of Topliss-reactive ketones (excluding diaryl/α,β-unsaturated/α-hetero) is 1. The lowest BCUT2D eigenvalue weighted by Crippen LogP contribution is -2.08. The minimum absolute atomic E-state index is 0.299. The Balaban J connectivity index is 2.85. The number of aliphatic hydroxyl groups is 1. The van der Waals surface area contributed by atoms with Crippen LogP contribution in [0.25, 0.3) is 0 Å². The predicted molar refractivity (Wildman–Crippen MR) is 40.7 cm³/mol. The second-order valence-electron chi connectivity index (χ2n) is 2.25. The topological polar surface area (TPSA) is 73.6 Å². The standard InChI is InChI=1S/C7H6ClNO3/c8-1-5(10)4(2-9)7(11)6-3-12-6/h6,11H,1,3H2. The molecule has 0 aliphatic carbocycles. The van der Waals surface area contributed by atoms with Crippen LogP contribution in [0.3, 0.4) is 0 Å². The molecule has 0 aromatic rings. The van der Waals surface area contributed by atoms with Crippen LogP contribution in [-0.2, 0) is 9.53 Å². The summed E-state index contributed by atoms with van der Waals surface area (Å²) in [4.78, 5) is 10.9. The van der Waals surface area contributed by atoms with Gasteiger partial charge in [0.15, 0.2) is 5.78 Å². The monoisotopic (exact) mass is 187 g/mol. The van der Waals surface area contributed by atoms with Gasteiger partial charge in [-0.15, -0.1) is 11.6 Å². The number of aliphatic hydroxyl groups excluding tert-OH is 1. The van der Waals surface area contributed by atoms with Crippen molar-refractivity contribution in [2.75, 3.05) is 12.5 Å². The van der Waals surface area contributed by atoms with Crippen LogP contribution in [0, 0.1) is 11.3 Å². The lowest BCUT2D eigenvalue weighted by molar-refractivity contribution is -0.113. The van der Waals surface area contributed by atoms with Gasteiger partial charge in [-0.25, -0.2) is 0 Å². The van der Waals surface area contributed by atoms with Crippen LogP contribution in [-0.4, -0.2) is 29.5 Å². The number of carbonyl (C=O) groups excluding carboxylic acids is 1. The molecule has 0 spiro atoms. The zero-order chi connectivity index (χ0) is 9.14. The van der Waals surface area contributed by atoms with E-state index < -0.39 is 11.9 Å². The maximum absolute atomic E-state index is 10.9. The van der Waals surface area contributed by atoms with Crippen LogP contribution in [0.5, 0.6) is 0 Å². The van der Waals surface area contributed by atoms with Crippen molar-refractivity contribution in [2.24, 2.45) is 0 Å². The normalized spacial score (nSPS) is 22.5. The van der Waals surface area contributed by atoms with Crippen LogP contribution in [0.4, 0.5) is 0 Å². The fourth-order valence-electron chi connectivity index (χ4n) is 0.696. The smallest absolute Gasteiger partial charge is 0.191 e. The molecule has 0 radical (unpaired) electrons. The van der Waals surface area contributed by atoms with Crippen molar-refractivity contribution in [1.82, 2.24) is 0 Å². The van der Waals surface area contributed by atoms with Crippen molar-refractivity contribution in [1.29, 1.82) is 5.26 Å². The van der Waals surface area contributed by atoms with Gasteiger partial charge in [0.1, 0.15) is 23.5 Å². The fraction of sp³-hybridized carbons (Fsp3) is 0.429. The number of rotatable bonds is 3. The SMILES string of the molecule is N#CC(C(=O)CCl)=C(O)C1CO1. The van der Waals surface area contributed by atoms with Crippen molar-refractivity contribution < 1.29 is 14.6 Å². The Bertz CT molecular complexity index is 275. The van der Waals surface area contributed by atoms with E-state index in [1.807, 2.05) is 0 Å². The van der Waals surface area contributed by atoms with Gasteiger partial charge in [0.05, 0.1) is 12.5 Å². The second-order valence-corrected chi connectivity index (χ2v) is 2.52. The number of ketones is 1. The van der Waals surface area contributed by atoms with Gasteiger partial charge < -0.3 is 9.84 Å². The summed E-state index contributed by atoms with van der Waals surface area (Å²) in [6.45, 7) is 0.354. The molecule has 1 fully saturated rings. The lowest BCUT2D eigenvalue weighted by atomic mass is 10.1. The number of hydrogen-bond donors (Lipinski definition) is 1. The van der Waals surface area contributed by atoms with Crippen molar-refractivity contribution in [3.05, 3.63) is 11.3 Å². The third kappa shape index (κ3) is 1.76. The summed E-state index contributed by atoms with van der Waals surface area (Å²) < 4.78 is 4.69. The van der Waals surface area contributed by atoms with E-state index in [0.29, 0.717) is 6.61 Å². The Labute approximate surface area is 74.0 Å². The zero-order valence-corrected chi connectivity index (χ0v) is 6.84. The van der Waals surface area contributed by atoms with E-state index in [1.54, 1.807) is 6.07 Å². The van der Waals surface area contributed by atoms with Gasteiger partial charge in [-0.3, -0.25) is 4.79 Å². The van der Waals surface area contributed by atoms with Gasteiger partial charge >= 0.3 is 0 Å². The minimum atomic E-state index is -0.577. The van der Waals surface area contributed by atoms with Gasteiger partial charge in [-0.05, 0) is 0 Å². The van der Waals surface area contributed by atoms with Gasteiger partial charge in [0.2, 0.25) is 0 Å². The van der Waals surface area contributed by atoms with E-state index in [-0.39, 0.29) is 17.2 Å². The molecule has 0 aromatic heterocycles. The Morgan fingerprint density at radius 3 is 2.75 bits per heavy atom. The van der Waals surface area contributed by atoms with Crippen LogP contribution in [0.15, 0.2) is 11.3 Å². The molecular weight excluding hydrogens is 182 g/mol. The summed E-state index contributed by atoms with van der Waals surface area (Å²) in [6, 6.07) is 1.59. The maximum Gasteiger partial charge on any atom is 0.191 e. The Morgan fingerprint density at radius 1 is 1.83 bits per heavy atom. The molecule has 1 aliphatic heterocycles. The molecule has 0 saturated carbocycles. The molecule has 1 rings (SSSR count). The van der Waals surface area contributed by atoms with E-state index in [0.717, 1.165) is 0 Å². The van der Waals surface area contributed by atoms with E-state index >= 15 is 0 Å². The molecule has 5 heteroatoms. The highest BCUT2D eigenvalue weighted by Crippen LogP contribution is 2.20. The largest absolute Gasteiger partial charge is 0.508 e. The maximum atomic E-state index is 10.9. The number of nitriles is 1. The molecule has 1 heterocycles. The summed E-state index contributed by atoms with van der Waals surface area (Å²) in [6.07, 6.45) is -0.480. The molecule has 0 bridgehead atoms. The van der Waals surface area contributed by atoms with Crippen molar-refractivity contribution in [2.45, 2.75) is 6.10 Å². The number of ether oxygens (including phenoxy) is 1. The predicted octanol–water partition coefficient (Wildman–Crippen LogP) is 0.529. The Hall–Kier alpha value is -1.05. The van der Waals surface area contributed by atoms with Crippen molar-refractivity contribution >= 4 is 17.4 Å². The van der Waals surface area contributed by atoms with Gasteiger partial charge in [-0.2, -0.15) is 5.26 Å². The van der Waals surface area contributed by atoms with E-state index in [1.165, 1.54) is 0 Å². The highest BCUT2D eigenvalue weighted by Gasteiger charge is 2.31. The van der Waals surface area contributed by atoms with Crippen molar-refractivity contribution in [3.63, 3.8) is 0 Å². The highest BCUT2D eigenvalue weighted by atomic mass is 35.5. The van der Waals surface area contributed by atoms with Gasteiger partial charge in [-0.1, -0.05) is 0 Å². The number of alkyl halides is 1. The average Bonchev–Trinajstić information content (AvgIpc) is 2.87. The molecule has 1 aliphatic rings. The number of epoxide rings is 1. The number of carbonyl (C=O) groups is 1. The van der Waals surface area contributed by atoms with E-state index in [4.69, 9.17) is 21.6 Å². The first-order valence-corrected chi connectivity index (χ1v) is 3.78. The Morgan fingerprint density at radius 2 is 2.42 bits per heavy atom. The summed E-state index contributed by atoms with van der Waals surface area (Å²) in [5, 5.41) is 17.7. The molecular formula is C7H6ClNO3. The third-order valence-electron chi connectivity index (χ3n) is 1.41. The molecule has 1 atom stereocenters. The first-order valence-electron chi connectivity index (χ1n) is 3.24. The van der Waals surface area contributed by atoms with Crippen LogP contribution in [0.1, 0.15) is 0 Å². The summed E-state index contributed by atoms with van der Waals surface area (Å²) in [5.41, 5.74) is -0.299. The fourth-order valence-corrected chi connectivity index (χ4v) is 0.830. The molecule has 1 unspecified atom stereocenters. The number of allylic oxidation sites excluding steroid dienone is 1. The molecule has 1 N–H and O–H groups in total. The Kier molecular flexibility index (Phi) is 2.69. The van der Waals surface area contributed by atoms with Crippen LogP contribution >= 0.6 is 11.6 Å². The average molecular weight is 188 g/mol. The van der Waals surface area contributed by atoms with Crippen LogP contribution < -0.4 is 0 Å². The lowest BCUT2D eigenvalue weighted by Gasteiger charge is -1.96. The van der Waals surface area contributed by atoms with Gasteiger partial charge in [0, 0.05) is 0 Å².